The number of aliphatic hydroxyl groups is 1. The van der Waals surface area contributed by atoms with E-state index in [0.717, 1.165) is 56.5 Å². The molecule has 2 aromatic rings. The molecule has 2 aliphatic heterocycles. The first kappa shape index (κ1) is 25.8. The van der Waals surface area contributed by atoms with Crippen molar-refractivity contribution in [2.24, 2.45) is 0 Å². The summed E-state index contributed by atoms with van der Waals surface area (Å²) in [6.45, 7) is 5.40. The molecule has 1 aromatic heterocycles. The fourth-order valence-corrected chi connectivity index (χ4v) is 7.27. The minimum absolute atomic E-state index is 0.00278. The van der Waals surface area contributed by atoms with Crippen molar-refractivity contribution < 1.29 is 22.5 Å². The van der Waals surface area contributed by atoms with E-state index in [9.17, 15) is 22.5 Å². The average molecular weight is 541 g/mol. The maximum atomic E-state index is 13.3. The van der Waals surface area contributed by atoms with Gasteiger partial charge in [-0.15, -0.1) is 0 Å². The van der Waals surface area contributed by atoms with Gasteiger partial charge in [0, 0.05) is 24.4 Å². The van der Waals surface area contributed by atoms with Crippen LogP contribution >= 0.6 is 11.8 Å². The van der Waals surface area contributed by atoms with Crippen molar-refractivity contribution in [1.82, 2.24) is 9.97 Å². The summed E-state index contributed by atoms with van der Waals surface area (Å²) in [6, 6.07) is 6.68. The number of aliphatic hydroxyl groups excluding tert-OH is 1. The maximum Gasteiger partial charge on any atom is 0.446 e. The van der Waals surface area contributed by atoms with Crippen LogP contribution in [0.15, 0.2) is 34.1 Å². The topological polar surface area (TPSA) is 78.3 Å². The third-order valence-corrected chi connectivity index (χ3v) is 10.3. The SMILES string of the molecule is CC1(C)Cc2nc(N3CCC(c4ccc(SC(F)(F)F)cc4)CC3)nc(NC3(CO)CCC3)c2[S@@]1=O. The van der Waals surface area contributed by atoms with Gasteiger partial charge in [0.1, 0.15) is 10.7 Å². The summed E-state index contributed by atoms with van der Waals surface area (Å²) in [4.78, 5) is 12.7. The smallest absolute Gasteiger partial charge is 0.394 e. The van der Waals surface area contributed by atoms with Crippen LogP contribution < -0.4 is 10.2 Å². The van der Waals surface area contributed by atoms with E-state index in [4.69, 9.17) is 9.97 Å². The number of halogens is 3. The zero-order chi connectivity index (χ0) is 25.7. The number of benzene rings is 1. The molecule has 3 heterocycles. The quantitative estimate of drug-likeness (QED) is 0.485. The average Bonchev–Trinajstić information content (AvgIpc) is 3.04. The first-order valence-corrected chi connectivity index (χ1v) is 14.3. The van der Waals surface area contributed by atoms with Crippen molar-refractivity contribution in [3.8, 4) is 0 Å². The highest BCUT2D eigenvalue weighted by Gasteiger charge is 2.44. The molecule has 0 radical (unpaired) electrons. The number of aromatic nitrogens is 2. The molecule has 2 fully saturated rings. The molecule has 5 rings (SSSR count). The van der Waals surface area contributed by atoms with Gasteiger partial charge in [-0.25, -0.2) is 4.98 Å². The van der Waals surface area contributed by atoms with Crippen molar-refractivity contribution in [2.45, 2.75) is 83.9 Å². The van der Waals surface area contributed by atoms with Crippen LogP contribution in [0, 0.1) is 0 Å². The number of anilines is 2. The highest BCUT2D eigenvalue weighted by Crippen LogP contribution is 2.43. The lowest BCUT2D eigenvalue weighted by Gasteiger charge is -2.42. The normalized spacial score (nSPS) is 23.3. The number of nitrogens with zero attached hydrogens (tertiary/aromatic N) is 3. The fraction of sp³-hybridized carbons (Fsp3) is 0.600. The number of hydrogen-bond acceptors (Lipinski definition) is 7. The molecule has 0 unspecified atom stereocenters. The van der Waals surface area contributed by atoms with Crippen molar-refractivity contribution in [3.05, 3.63) is 35.5 Å². The zero-order valence-electron chi connectivity index (χ0n) is 20.4. The lowest BCUT2D eigenvalue weighted by atomic mass is 9.77. The van der Waals surface area contributed by atoms with Crippen molar-refractivity contribution in [1.29, 1.82) is 0 Å². The lowest BCUT2D eigenvalue weighted by Crippen LogP contribution is -2.49. The second kappa shape index (κ2) is 9.47. The molecule has 3 aliphatic rings. The Hall–Kier alpha value is -1.85. The minimum atomic E-state index is -4.28. The third-order valence-electron chi connectivity index (χ3n) is 7.56. The number of piperidine rings is 1. The van der Waals surface area contributed by atoms with E-state index in [1.165, 1.54) is 0 Å². The number of rotatable bonds is 6. The number of thioether (sulfide) groups is 1. The van der Waals surface area contributed by atoms with Crippen molar-refractivity contribution >= 4 is 34.3 Å². The summed E-state index contributed by atoms with van der Waals surface area (Å²) in [7, 11) is -1.25. The van der Waals surface area contributed by atoms with Crippen LogP contribution in [0.2, 0.25) is 0 Å². The maximum absolute atomic E-state index is 13.3. The zero-order valence-corrected chi connectivity index (χ0v) is 22.0. The van der Waals surface area contributed by atoms with E-state index < -0.39 is 26.6 Å². The Labute approximate surface area is 215 Å². The van der Waals surface area contributed by atoms with E-state index in [0.29, 0.717) is 23.1 Å². The van der Waals surface area contributed by atoms with Gasteiger partial charge in [-0.2, -0.15) is 18.2 Å². The highest BCUT2D eigenvalue weighted by atomic mass is 32.2. The van der Waals surface area contributed by atoms with E-state index in [1.54, 1.807) is 24.3 Å². The van der Waals surface area contributed by atoms with E-state index in [-0.39, 0.29) is 29.2 Å². The molecule has 0 amide bonds. The number of nitrogens with one attached hydrogen (secondary N) is 1. The standard InChI is InChI=1S/C25H31F3N4O2S2/c1-23(2)14-19-20(36(23)34)21(31-24(15-33)10-3-11-24)30-22(29-19)32-12-8-17(9-13-32)16-4-6-18(7-5-16)35-25(26,27)28/h4-7,17,33H,3,8-15H2,1-2H3,(H,29,30,31)/t36-/m0/s1. The fourth-order valence-electron chi connectivity index (χ4n) is 5.30. The first-order valence-electron chi connectivity index (χ1n) is 12.3. The Bertz CT molecular complexity index is 1140. The van der Waals surface area contributed by atoms with Crippen LogP contribution in [-0.2, 0) is 17.2 Å². The van der Waals surface area contributed by atoms with Gasteiger partial charge in [0.15, 0.2) is 0 Å². The summed E-state index contributed by atoms with van der Waals surface area (Å²) in [5, 5.41) is 13.4. The van der Waals surface area contributed by atoms with Crippen LogP contribution in [0.5, 0.6) is 0 Å². The van der Waals surface area contributed by atoms with Gasteiger partial charge in [-0.05, 0) is 81.3 Å². The first-order chi connectivity index (χ1) is 17.0. The molecule has 6 nitrogen and oxygen atoms in total. The molecule has 1 atom stereocenters. The molecule has 36 heavy (non-hydrogen) atoms. The number of alkyl halides is 3. The monoisotopic (exact) mass is 540 g/mol. The number of hydrogen-bond donors (Lipinski definition) is 2. The number of fused-ring (bicyclic) bond motifs is 1. The third kappa shape index (κ3) is 5.11. The summed E-state index contributed by atoms with van der Waals surface area (Å²) >= 11 is -0.0923. The Balaban J connectivity index is 1.33. The van der Waals surface area contributed by atoms with Crippen molar-refractivity contribution in [3.63, 3.8) is 0 Å². The molecule has 196 valence electrons. The molecular weight excluding hydrogens is 509 g/mol. The second-order valence-electron chi connectivity index (χ2n) is 10.6. The van der Waals surface area contributed by atoms with Crippen LogP contribution in [-0.4, -0.2) is 54.8 Å². The molecular formula is C25H31F3N4O2S2. The summed E-state index contributed by atoms with van der Waals surface area (Å²) < 4.78 is 50.7. The largest absolute Gasteiger partial charge is 0.446 e. The van der Waals surface area contributed by atoms with Gasteiger partial charge < -0.3 is 15.3 Å². The highest BCUT2D eigenvalue weighted by molar-refractivity contribution is 8.00. The molecule has 1 saturated carbocycles. The molecule has 0 bridgehead atoms. The molecule has 1 saturated heterocycles. The van der Waals surface area contributed by atoms with Gasteiger partial charge in [0.2, 0.25) is 5.95 Å². The molecule has 2 N–H and O–H groups in total. The molecule has 1 aliphatic carbocycles. The molecule has 11 heteroatoms. The van der Waals surface area contributed by atoms with E-state index >= 15 is 0 Å². The van der Waals surface area contributed by atoms with Crippen LogP contribution in [0.4, 0.5) is 24.9 Å². The molecule has 0 spiro atoms. The van der Waals surface area contributed by atoms with E-state index in [1.807, 2.05) is 13.8 Å². The van der Waals surface area contributed by atoms with Gasteiger partial charge in [-0.1, -0.05) is 12.1 Å². The summed E-state index contributed by atoms with van der Waals surface area (Å²) in [5.74, 6) is 1.44. The second-order valence-corrected chi connectivity index (χ2v) is 13.8. The summed E-state index contributed by atoms with van der Waals surface area (Å²) in [6.07, 6.45) is 5.01. The van der Waals surface area contributed by atoms with E-state index in [2.05, 4.69) is 10.2 Å². The molecule has 1 aromatic carbocycles. The van der Waals surface area contributed by atoms with Crippen LogP contribution in [0.3, 0.4) is 0 Å². The van der Waals surface area contributed by atoms with Gasteiger partial charge in [-0.3, -0.25) is 4.21 Å². The minimum Gasteiger partial charge on any atom is -0.394 e. The Kier molecular flexibility index (Phi) is 6.78. The Morgan fingerprint density at radius 1 is 1.17 bits per heavy atom. The van der Waals surface area contributed by atoms with Gasteiger partial charge in [0.25, 0.3) is 0 Å². The summed E-state index contributed by atoms with van der Waals surface area (Å²) in [5.41, 5.74) is -2.85. The van der Waals surface area contributed by atoms with Gasteiger partial charge >= 0.3 is 5.51 Å². The predicted molar refractivity (Wildman–Crippen MR) is 136 cm³/mol. The van der Waals surface area contributed by atoms with Crippen LogP contribution in [0.25, 0.3) is 0 Å². The van der Waals surface area contributed by atoms with Gasteiger partial charge in [0.05, 0.1) is 33.4 Å². The Morgan fingerprint density at radius 2 is 1.83 bits per heavy atom. The van der Waals surface area contributed by atoms with Crippen molar-refractivity contribution in [2.75, 3.05) is 29.9 Å². The Morgan fingerprint density at radius 3 is 2.39 bits per heavy atom. The lowest BCUT2D eigenvalue weighted by molar-refractivity contribution is -0.0328. The predicted octanol–water partition coefficient (Wildman–Crippen LogP) is 5.24. The van der Waals surface area contributed by atoms with Crippen LogP contribution in [0.1, 0.15) is 63.1 Å².